The number of primary amides is 1. The van der Waals surface area contributed by atoms with E-state index in [1.54, 1.807) is 30.5 Å². The number of allylic oxidation sites excluding steroid dienone is 2. The van der Waals surface area contributed by atoms with Crippen LogP contribution in [0.15, 0.2) is 59.8 Å². The summed E-state index contributed by atoms with van der Waals surface area (Å²) in [4.78, 5) is 25.2. The molecule has 1 aliphatic heterocycles. The number of dihydropyridines is 1. The number of carbonyl (C=O) groups excluding carboxylic acids is 1. The summed E-state index contributed by atoms with van der Waals surface area (Å²) in [6.45, 7) is 3.18. The third kappa shape index (κ3) is 4.58. The van der Waals surface area contributed by atoms with E-state index in [4.69, 9.17) is 27.8 Å². The fourth-order valence-electron chi connectivity index (χ4n) is 3.08. The molecule has 1 aromatic heterocycles. The van der Waals surface area contributed by atoms with Crippen molar-refractivity contribution in [3.05, 3.63) is 76.0 Å². The molecule has 1 aromatic carbocycles. The van der Waals surface area contributed by atoms with Gasteiger partial charge in [-0.15, -0.1) is 0 Å². The molecule has 1 aliphatic rings. The van der Waals surface area contributed by atoms with Gasteiger partial charge in [-0.25, -0.2) is 0 Å². The van der Waals surface area contributed by atoms with Gasteiger partial charge >= 0.3 is 0 Å². The molecule has 0 unspecified atom stereocenters. The normalized spacial score (nSPS) is 13.5. The van der Waals surface area contributed by atoms with E-state index in [9.17, 15) is 9.59 Å². The number of nitrogens with one attached hydrogen (secondary N) is 1. The van der Waals surface area contributed by atoms with E-state index in [2.05, 4.69) is 5.32 Å². The standard InChI is InChI=1S/C22H23ClN4O3/c1-2-6-30-18-8-14(7-16(23)10-18)19-9-15(20(11-24)21(25)28)13-27(22(19)29)17-4-3-5-26-12-17/h3-4,7-13,26H,2,5-6,24H2,1H3,(H2,25,28)/b20-11-. The Bertz CT molecular complexity index is 1120. The van der Waals surface area contributed by atoms with E-state index < -0.39 is 5.91 Å². The molecule has 156 valence electrons. The van der Waals surface area contributed by atoms with Crippen molar-refractivity contribution in [2.24, 2.45) is 11.5 Å². The maximum absolute atomic E-state index is 13.3. The quantitative estimate of drug-likeness (QED) is 0.589. The topological polar surface area (TPSA) is 112 Å². The molecule has 7 nitrogen and oxygen atoms in total. The van der Waals surface area contributed by atoms with E-state index in [0.717, 1.165) is 12.6 Å². The molecule has 5 N–H and O–H groups in total. The van der Waals surface area contributed by atoms with Crippen LogP contribution in [0.5, 0.6) is 5.75 Å². The van der Waals surface area contributed by atoms with Gasteiger partial charge in [-0.1, -0.05) is 24.6 Å². The number of aromatic nitrogens is 1. The first-order chi connectivity index (χ1) is 14.4. The summed E-state index contributed by atoms with van der Waals surface area (Å²) in [7, 11) is 0. The molecule has 1 amide bonds. The minimum atomic E-state index is -0.696. The molecule has 8 heteroatoms. The Balaban J connectivity index is 2.25. The molecule has 0 radical (unpaired) electrons. The van der Waals surface area contributed by atoms with Gasteiger partial charge in [-0.2, -0.15) is 0 Å². The minimum absolute atomic E-state index is 0.0998. The lowest BCUT2D eigenvalue weighted by Crippen LogP contribution is -2.25. The Morgan fingerprint density at radius 3 is 2.77 bits per heavy atom. The number of rotatable bonds is 7. The number of nitrogens with zero attached hydrogens (tertiary/aromatic N) is 1. The van der Waals surface area contributed by atoms with E-state index in [1.807, 2.05) is 19.1 Å². The van der Waals surface area contributed by atoms with Gasteiger partial charge in [-0.05, 0) is 42.3 Å². The highest BCUT2D eigenvalue weighted by Crippen LogP contribution is 2.29. The molecule has 0 saturated heterocycles. The van der Waals surface area contributed by atoms with Crippen LogP contribution in [0.4, 0.5) is 0 Å². The minimum Gasteiger partial charge on any atom is -0.494 e. The number of hydrogen-bond donors (Lipinski definition) is 3. The van der Waals surface area contributed by atoms with Crippen molar-refractivity contribution >= 4 is 28.8 Å². The third-order valence-corrected chi connectivity index (χ3v) is 4.69. The molecular weight excluding hydrogens is 404 g/mol. The van der Waals surface area contributed by atoms with Gasteiger partial charge in [0.2, 0.25) is 0 Å². The highest BCUT2D eigenvalue weighted by Gasteiger charge is 2.17. The number of nitrogens with two attached hydrogens (primary N) is 2. The summed E-state index contributed by atoms with van der Waals surface area (Å²) in [5, 5.41) is 3.49. The van der Waals surface area contributed by atoms with Crippen LogP contribution in [0.3, 0.4) is 0 Å². The van der Waals surface area contributed by atoms with E-state index in [0.29, 0.717) is 46.3 Å². The zero-order valence-corrected chi connectivity index (χ0v) is 17.3. The predicted octanol–water partition coefficient (Wildman–Crippen LogP) is 2.70. The third-order valence-electron chi connectivity index (χ3n) is 4.47. The Hall–Kier alpha value is -3.45. The molecule has 0 aliphatic carbocycles. The molecule has 3 rings (SSSR count). The van der Waals surface area contributed by atoms with Crippen LogP contribution >= 0.6 is 11.6 Å². The van der Waals surface area contributed by atoms with Crippen molar-refractivity contribution in [3.8, 4) is 16.9 Å². The van der Waals surface area contributed by atoms with Crippen LogP contribution in [0.1, 0.15) is 18.9 Å². The van der Waals surface area contributed by atoms with Crippen molar-refractivity contribution in [1.29, 1.82) is 0 Å². The summed E-state index contributed by atoms with van der Waals surface area (Å²) in [5.74, 6) is -0.142. The van der Waals surface area contributed by atoms with E-state index in [-0.39, 0.29) is 11.1 Å². The first-order valence-electron chi connectivity index (χ1n) is 9.47. The average Bonchev–Trinajstić information content (AvgIpc) is 2.73. The Morgan fingerprint density at radius 2 is 2.13 bits per heavy atom. The zero-order chi connectivity index (χ0) is 21.7. The second-order valence-electron chi connectivity index (χ2n) is 6.67. The number of amides is 1. The average molecular weight is 427 g/mol. The molecule has 30 heavy (non-hydrogen) atoms. The zero-order valence-electron chi connectivity index (χ0n) is 16.5. The summed E-state index contributed by atoms with van der Waals surface area (Å²) < 4.78 is 7.13. The molecule has 0 atom stereocenters. The second-order valence-corrected chi connectivity index (χ2v) is 7.10. The number of carbonyl (C=O) groups is 1. The number of pyridine rings is 1. The largest absolute Gasteiger partial charge is 0.494 e. The molecule has 2 heterocycles. The van der Waals surface area contributed by atoms with Gasteiger partial charge in [0.25, 0.3) is 11.5 Å². The number of halogens is 1. The van der Waals surface area contributed by atoms with Crippen LogP contribution < -0.4 is 27.1 Å². The van der Waals surface area contributed by atoms with Crippen molar-refractivity contribution in [2.45, 2.75) is 13.3 Å². The molecule has 0 bridgehead atoms. The lowest BCUT2D eigenvalue weighted by atomic mass is 10.0. The Morgan fingerprint density at radius 1 is 1.33 bits per heavy atom. The van der Waals surface area contributed by atoms with Crippen LogP contribution in [0.2, 0.25) is 5.02 Å². The Labute approximate surface area is 179 Å². The van der Waals surface area contributed by atoms with Crippen LogP contribution in [0, 0.1) is 0 Å². The maximum Gasteiger partial charge on any atom is 0.263 e. The van der Waals surface area contributed by atoms with Gasteiger partial charge in [0, 0.05) is 41.3 Å². The van der Waals surface area contributed by atoms with Crippen molar-refractivity contribution < 1.29 is 9.53 Å². The van der Waals surface area contributed by atoms with E-state index >= 15 is 0 Å². The lowest BCUT2D eigenvalue weighted by Gasteiger charge is -2.16. The number of benzene rings is 1. The van der Waals surface area contributed by atoms with Crippen molar-refractivity contribution in [3.63, 3.8) is 0 Å². The molecule has 2 aromatic rings. The summed E-state index contributed by atoms with van der Waals surface area (Å²) in [6, 6.07) is 6.68. The lowest BCUT2D eigenvalue weighted by molar-refractivity contribution is -0.112. The first-order valence-corrected chi connectivity index (χ1v) is 9.85. The van der Waals surface area contributed by atoms with Gasteiger partial charge in [0.1, 0.15) is 5.75 Å². The SMILES string of the molecule is CCCOc1cc(Cl)cc(-c2cc(/C(=C/N)C(N)=O)cn(C3=CNCC=C3)c2=O)c1. The highest BCUT2D eigenvalue weighted by atomic mass is 35.5. The number of ether oxygens (including phenoxy) is 1. The van der Waals surface area contributed by atoms with Gasteiger partial charge in [0.05, 0.1) is 17.9 Å². The first kappa shape index (κ1) is 21.3. The molecule has 0 fully saturated rings. The van der Waals surface area contributed by atoms with Crippen LogP contribution in [0.25, 0.3) is 22.4 Å². The van der Waals surface area contributed by atoms with Gasteiger partial charge in [-0.3, -0.25) is 14.2 Å². The van der Waals surface area contributed by atoms with Gasteiger partial charge < -0.3 is 21.5 Å². The molecular formula is C22H23ClN4O3. The monoisotopic (exact) mass is 426 g/mol. The smallest absolute Gasteiger partial charge is 0.263 e. The number of hydrogen-bond acceptors (Lipinski definition) is 5. The maximum atomic E-state index is 13.3. The summed E-state index contributed by atoms with van der Waals surface area (Å²) in [6.07, 6.45) is 8.93. The fourth-order valence-corrected chi connectivity index (χ4v) is 3.30. The highest BCUT2D eigenvalue weighted by molar-refractivity contribution is 6.31. The van der Waals surface area contributed by atoms with Crippen molar-refractivity contribution in [2.75, 3.05) is 13.2 Å². The second kappa shape index (κ2) is 9.37. The van der Waals surface area contributed by atoms with Crippen LogP contribution in [-0.2, 0) is 4.79 Å². The fraction of sp³-hybridized carbons (Fsp3) is 0.182. The molecule has 0 spiro atoms. The van der Waals surface area contributed by atoms with Crippen molar-refractivity contribution in [1.82, 2.24) is 9.88 Å². The van der Waals surface area contributed by atoms with E-state index in [1.165, 1.54) is 10.8 Å². The molecule has 0 saturated carbocycles. The predicted molar refractivity (Wildman–Crippen MR) is 120 cm³/mol. The van der Waals surface area contributed by atoms with Crippen LogP contribution in [-0.4, -0.2) is 23.6 Å². The van der Waals surface area contributed by atoms with Gasteiger partial charge in [0.15, 0.2) is 0 Å². The Kier molecular flexibility index (Phi) is 6.64. The summed E-state index contributed by atoms with van der Waals surface area (Å²) in [5.41, 5.74) is 12.8. The summed E-state index contributed by atoms with van der Waals surface area (Å²) >= 11 is 6.27.